The van der Waals surface area contributed by atoms with Gasteiger partial charge in [0.15, 0.2) is 0 Å². The second-order valence-corrected chi connectivity index (χ2v) is 3.39. The summed E-state index contributed by atoms with van der Waals surface area (Å²) in [4.78, 5) is 11.3. The van der Waals surface area contributed by atoms with Gasteiger partial charge in [0, 0.05) is 18.5 Å². The number of hydrogen-bond donors (Lipinski definition) is 0. The molecule has 0 aliphatic rings. The molecular weight excluding hydrogens is 181 g/mol. The van der Waals surface area contributed by atoms with Gasteiger partial charge in [-0.3, -0.25) is 4.79 Å². The van der Waals surface area contributed by atoms with Crippen molar-refractivity contribution in [3.05, 3.63) is 46.0 Å². The van der Waals surface area contributed by atoms with E-state index in [-0.39, 0.29) is 11.4 Å². The standard InChI is InChI=1S/C11H10FNO/c1-7-5-10-8(6-9(7)12)3-4-11(14)13(10)2/h3-6H,1-2H3. The van der Waals surface area contributed by atoms with Crippen LogP contribution in [-0.4, -0.2) is 4.57 Å². The molecule has 0 atom stereocenters. The number of rotatable bonds is 0. The number of benzene rings is 1. The molecule has 3 heteroatoms. The van der Waals surface area contributed by atoms with Crippen LogP contribution in [-0.2, 0) is 7.05 Å². The highest BCUT2D eigenvalue weighted by Gasteiger charge is 2.03. The summed E-state index contributed by atoms with van der Waals surface area (Å²) >= 11 is 0. The summed E-state index contributed by atoms with van der Waals surface area (Å²) in [6.07, 6.45) is 0. The normalized spacial score (nSPS) is 10.8. The molecule has 2 aromatic rings. The van der Waals surface area contributed by atoms with E-state index < -0.39 is 0 Å². The van der Waals surface area contributed by atoms with Gasteiger partial charge < -0.3 is 4.57 Å². The lowest BCUT2D eigenvalue weighted by Gasteiger charge is -2.05. The fourth-order valence-electron chi connectivity index (χ4n) is 1.50. The van der Waals surface area contributed by atoms with Gasteiger partial charge in [-0.05, 0) is 30.7 Å². The van der Waals surface area contributed by atoms with E-state index in [9.17, 15) is 9.18 Å². The van der Waals surface area contributed by atoms with Crippen molar-refractivity contribution < 1.29 is 4.39 Å². The SMILES string of the molecule is Cc1cc2c(ccc(=O)n2C)cc1F. The Bertz CT molecular complexity index is 557. The summed E-state index contributed by atoms with van der Waals surface area (Å²) in [5.41, 5.74) is 1.23. The van der Waals surface area contributed by atoms with Crippen LogP contribution in [0.25, 0.3) is 10.9 Å². The number of pyridine rings is 1. The third-order valence-electron chi connectivity index (χ3n) is 2.41. The Kier molecular flexibility index (Phi) is 1.88. The van der Waals surface area contributed by atoms with Gasteiger partial charge in [-0.1, -0.05) is 0 Å². The van der Waals surface area contributed by atoms with Gasteiger partial charge in [-0.2, -0.15) is 0 Å². The maximum Gasteiger partial charge on any atom is 0.250 e. The average molecular weight is 191 g/mol. The number of hydrogen-bond acceptors (Lipinski definition) is 1. The topological polar surface area (TPSA) is 22.0 Å². The van der Waals surface area contributed by atoms with Crippen molar-refractivity contribution in [2.75, 3.05) is 0 Å². The number of nitrogens with zero attached hydrogens (tertiary/aromatic N) is 1. The minimum atomic E-state index is -0.240. The fraction of sp³-hybridized carbons (Fsp3) is 0.182. The largest absolute Gasteiger partial charge is 0.311 e. The smallest absolute Gasteiger partial charge is 0.250 e. The van der Waals surface area contributed by atoms with E-state index in [1.807, 2.05) is 0 Å². The van der Waals surface area contributed by atoms with Gasteiger partial charge >= 0.3 is 0 Å². The molecule has 2 nitrogen and oxygen atoms in total. The highest BCUT2D eigenvalue weighted by Crippen LogP contribution is 2.16. The van der Waals surface area contributed by atoms with E-state index in [0.717, 1.165) is 10.9 Å². The Balaban J connectivity index is 2.97. The van der Waals surface area contributed by atoms with E-state index in [1.165, 1.54) is 16.7 Å². The van der Waals surface area contributed by atoms with Gasteiger partial charge in [0.2, 0.25) is 0 Å². The van der Waals surface area contributed by atoms with E-state index in [4.69, 9.17) is 0 Å². The summed E-state index contributed by atoms with van der Waals surface area (Å²) in [6.45, 7) is 1.69. The van der Waals surface area contributed by atoms with Gasteiger partial charge in [-0.15, -0.1) is 0 Å². The molecule has 0 fully saturated rings. The highest BCUT2D eigenvalue weighted by molar-refractivity contribution is 5.79. The van der Waals surface area contributed by atoms with E-state index >= 15 is 0 Å². The Hall–Kier alpha value is -1.64. The van der Waals surface area contributed by atoms with Gasteiger partial charge in [0.1, 0.15) is 5.82 Å². The molecule has 0 N–H and O–H groups in total. The second kappa shape index (κ2) is 2.94. The van der Waals surface area contributed by atoms with Gasteiger partial charge in [0.05, 0.1) is 5.52 Å². The van der Waals surface area contributed by atoms with Crippen LogP contribution in [0.1, 0.15) is 5.56 Å². The van der Waals surface area contributed by atoms with Crippen LogP contribution in [0.4, 0.5) is 4.39 Å². The van der Waals surface area contributed by atoms with Crippen LogP contribution in [0, 0.1) is 12.7 Å². The molecule has 0 radical (unpaired) electrons. The first kappa shape index (κ1) is 8.94. The van der Waals surface area contributed by atoms with Crippen molar-refractivity contribution in [1.29, 1.82) is 0 Å². The average Bonchev–Trinajstić information content (AvgIpc) is 2.15. The molecule has 1 aromatic heterocycles. The van der Waals surface area contributed by atoms with Crippen molar-refractivity contribution in [1.82, 2.24) is 4.57 Å². The predicted molar refractivity (Wildman–Crippen MR) is 53.9 cm³/mol. The van der Waals surface area contributed by atoms with Crippen molar-refractivity contribution in [3.8, 4) is 0 Å². The fourth-order valence-corrected chi connectivity index (χ4v) is 1.50. The monoisotopic (exact) mass is 191 g/mol. The third-order valence-corrected chi connectivity index (χ3v) is 2.41. The molecule has 2 rings (SSSR count). The van der Waals surface area contributed by atoms with Gasteiger partial charge in [-0.25, -0.2) is 4.39 Å². The zero-order valence-electron chi connectivity index (χ0n) is 8.04. The second-order valence-electron chi connectivity index (χ2n) is 3.39. The molecule has 0 saturated carbocycles. The molecule has 1 heterocycles. The van der Waals surface area contributed by atoms with E-state index in [1.54, 1.807) is 26.1 Å². The first-order valence-electron chi connectivity index (χ1n) is 4.35. The zero-order valence-corrected chi connectivity index (χ0v) is 8.04. The lowest BCUT2D eigenvalue weighted by molar-refractivity contribution is 0.620. The molecule has 0 bridgehead atoms. The Morgan fingerprint density at radius 2 is 2.00 bits per heavy atom. The summed E-state index contributed by atoms with van der Waals surface area (Å²) in [7, 11) is 1.68. The molecule has 0 saturated heterocycles. The number of halogens is 1. The molecule has 1 aromatic carbocycles. The van der Waals surface area contributed by atoms with Crippen LogP contribution in [0.2, 0.25) is 0 Å². The van der Waals surface area contributed by atoms with Crippen LogP contribution in [0.3, 0.4) is 0 Å². The molecule has 14 heavy (non-hydrogen) atoms. The molecule has 72 valence electrons. The van der Waals surface area contributed by atoms with Crippen LogP contribution >= 0.6 is 0 Å². The number of aromatic nitrogens is 1. The highest BCUT2D eigenvalue weighted by atomic mass is 19.1. The first-order valence-corrected chi connectivity index (χ1v) is 4.35. The summed E-state index contributed by atoms with van der Waals surface area (Å²) in [5.74, 6) is -0.240. The number of aryl methyl sites for hydroxylation is 2. The van der Waals surface area contributed by atoms with Crippen molar-refractivity contribution >= 4 is 10.9 Å². The van der Waals surface area contributed by atoms with E-state index in [2.05, 4.69) is 0 Å². The zero-order chi connectivity index (χ0) is 10.3. The van der Waals surface area contributed by atoms with Crippen LogP contribution in [0.15, 0.2) is 29.1 Å². The summed E-state index contributed by atoms with van der Waals surface area (Å²) in [5, 5.41) is 0.746. The van der Waals surface area contributed by atoms with Crippen molar-refractivity contribution in [3.63, 3.8) is 0 Å². The molecule has 0 spiro atoms. The van der Waals surface area contributed by atoms with Crippen LogP contribution in [0.5, 0.6) is 0 Å². The molecule has 0 unspecified atom stereocenters. The quantitative estimate of drug-likeness (QED) is 0.624. The van der Waals surface area contributed by atoms with E-state index in [0.29, 0.717) is 5.56 Å². The Morgan fingerprint density at radius 1 is 1.29 bits per heavy atom. The Morgan fingerprint density at radius 3 is 2.71 bits per heavy atom. The van der Waals surface area contributed by atoms with Crippen molar-refractivity contribution in [2.24, 2.45) is 7.05 Å². The lowest BCUT2D eigenvalue weighted by Crippen LogP contribution is -2.15. The third kappa shape index (κ3) is 1.21. The molecular formula is C11H10FNO. The minimum Gasteiger partial charge on any atom is -0.311 e. The number of fused-ring (bicyclic) bond motifs is 1. The first-order chi connectivity index (χ1) is 6.59. The maximum atomic E-state index is 13.2. The van der Waals surface area contributed by atoms with Gasteiger partial charge in [0.25, 0.3) is 5.56 Å². The molecule has 0 aliphatic carbocycles. The van der Waals surface area contributed by atoms with Crippen molar-refractivity contribution in [2.45, 2.75) is 6.92 Å². The summed E-state index contributed by atoms with van der Waals surface area (Å²) in [6, 6.07) is 6.22. The molecule has 0 amide bonds. The Labute approximate surface area is 80.6 Å². The predicted octanol–water partition coefficient (Wildman–Crippen LogP) is 1.99. The minimum absolute atomic E-state index is 0.0801. The molecule has 0 aliphatic heterocycles. The summed E-state index contributed by atoms with van der Waals surface area (Å²) < 4.78 is 14.7. The lowest BCUT2D eigenvalue weighted by atomic mass is 10.1. The maximum absolute atomic E-state index is 13.2. The van der Waals surface area contributed by atoms with Crippen LogP contribution < -0.4 is 5.56 Å².